The Labute approximate surface area is 148 Å². The summed E-state index contributed by atoms with van der Waals surface area (Å²) in [5, 5.41) is 3.13. The molecule has 0 spiro atoms. The number of benzene rings is 1. The van der Waals surface area contributed by atoms with E-state index < -0.39 is 0 Å². The van der Waals surface area contributed by atoms with Gasteiger partial charge in [-0.05, 0) is 64.7 Å². The second-order valence-electron chi connectivity index (χ2n) is 6.86. The topological polar surface area (TPSA) is 64.1 Å². The Morgan fingerprint density at radius 1 is 1.00 bits per heavy atom. The van der Waals surface area contributed by atoms with Crippen LogP contribution < -0.4 is 10.1 Å². The largest absolute Gasteiger partial charge is 0.460 e. The molecule has 3 rings (SSSR count). The number of carbonyl (C=O) groups excluding carboxylic acids is 1. The molecule has 0 atom stereocenters. The number of ether oxygens (including phenoxy) is 1. The van der Waals surface area contributed by atoms with Crippen LogP contribution in [0.4, 0.5) is 0 Å². The molecule has 0 unspecified atom stereocenters. The Hall–Kier alpha value is -2.43. The van der Waals surface area contributed by atoms with Gasteiger partial charge in [0.1, 0.15) is 6.10 Å². The smallest absolute Gasteiger partial charge is 0.317 e. The lowest BCUT2D eigenvalue weighted by atomic mass is 9.92. The molecule has 5 nitrogen and oxygen atoms in total. The van der Waals surface area contributed by atoms with Gasteiger partial charge in [-0.1, -0.05) is 17.7 Å². The van der Waals surface area contributed by atoms with Crippen LogP contribution in [0.5, 0.6) is 6.01 Å². The van der Waals surface area contributed by atoms with E-state index in [2.05, 4.69) is 15.3 Å². The third-order valence-corrected chi connectivity index (χ3v) is 4.56. The molecule has 0 aliphatic heterocycles. The van der Waals surface area contributed by atoms with Crippen molar-refractivity contribution in [1.29, 1.82) is 0 Å². The number of amides is 1. The molecule has 1 aliphatic rings. The maximum absolute atomic E-state index is 12.3. The summed E-state index contributed by atoms with van der Waals surface area (Å²) in [7, 11) is 0. The van der Waals surface area contributed by atoms with Gasteiger partial charge in [-0.25, -0.2) is 9.97 Å². The maximum Gasteiger partial charge on any atom is 0.317 e. The van der Waals surface area contributed by atoms with Gasteiger partial charge in [0.2, 0.25) is 0 Å². The number of aryl methyl sites for hydroxylation is 3. The average Bonchev–Trinajstić information content (AvgIpc) is 2.56. The van der Waals surface area contributed by atoms with Crippen LogP contribution in [0.2, 0.25) is 0 Å². The molecule has 1 fully saturated rings. The van der Waals surface area contributed by atoms with Crippen LogP contribution in [0.15, 0.2) is 30.3 Å². The highest BCUT2D eigenvalue weighted by Crippen LogP contribution is 2.23. The molecule has 1 aromatic heterocycles. The van der Waals surface area contributed by atoms with E-state index in [9.17, 15) is 4.79 Å². The minimum atomic E-state index is 0.00186. The minimum Gasteiger partial charge on any atom is -0.460 e. The van der Waals surface area contributed by atoms with Crippen LogP contribution in [0, 0.1) is 20.8 Å². The number of nitrogens with zero attached hydrogens (tertiary/aromatic N) is 2. The lowest BCUT2D eigenvalue weighted by molar-refractivity contribution is 0.0884. The number of carbonyl (C=O) groups is 1. The van der Waals surface area contributed by atoms with Crippen LogP contribution in [0.3, 0.4) is 0 Å². The van der Waals surface area contributed by atoms with Crippen molar-refractivity contribution < 1.29 is 9.53 Å². The molecule has 1 aliphatic carbocycles. The standard InChI is InChI=1S/C20H25N3O2/c1-13-4-6-16(7-5-13)19(24)23-17-8-10-18(11-9-17)25-20-21-14(2)12-15(3)22-20/h4-7,12,17-18H,8-11H2,1-3H3,(H,23,24). The Balaban J connectivity index is 1.50. The van der Waals surface area contributed by atoms with Gasteiger partial charge in [0.05, 0.1) is 0 Å². The van der Waals surface area contributed by atoms with Gasteiger partial charge in [0, 0.05) is 23.0 Å². The summed E-state index contributed by atoms with van der Waals surface area (Å²) >= 11 is 0. The number of hydrogen-bond acceptors (Lipinski definition) is 4. The summed E-state index contributed by atoms with van der Waals surface area (Å²) < 4.78 is 5.93. The summed E-state index contributed by atoms with van der Waals surface area (Å²) in [6.07, 6.45) is 3.73. The van der Waals surface area contributed by atoms with Crippen LogP contribution in [-0.4, -0.2) is 28.0 Å². The molecule has 0 bridgehead atoms. The highest BCUT2D eigenvalue weighted by molar-refractivity contribution is 5.94. The van der Waals surface area contributed by atoms with E-state index in [1.165, 1.54) is 0 Å². The predicted octanol–water partition coefficient (Wildman–Crippen LogP) is 3.52. The van der Waals surface area contributed by atoms with Crippen molar-refractivity contribution in [2.75, 3.05) is 0 Å². The van der Waals surface area contributed by atoms with Gasteiger partial charge in [-0.2, -0.15) is 0 Å². The molecule has 2 aromatic rings. The molecular formula is C20H25N3O2. The van der Waals surface area contributed by atoms with Crippen LogP contribution in [0.1, 0.15) is 53.0 Å². The van der Waals surface area contributed by atoms with E-state index in [4.69, 9.17) is 4.74 Å². The van der Waals surface area contributed by atoms with Gasteiger partial charge >= 0.3 is 6.01 Å². The first-order chi connectivity index (χ1) is 12.0. The van der Waals surface area contributed by atoms with E-state index in [-0.39, 0.29) is 18.1 Å². The van der Waals surface area contributed by atoms with Gasteiger partial charge in [-0.3, -0.25) is 4.79 Å². The number of hydrogen-bond donors (Lipinski definition) is 1. The first kappa shape index (κ1) is 17.4. The van der Waals surface area contributed by atoms with Gasteiger partial charge in [0.15, 0.2) is 0 Å². The summed E-state index contributed by atoms with van der Waals surface area (Å²) in [6.45, 7) is 5.90. The van der Waals surface area contributed by atoms with Gasteiger partial charge in [0.25, 0.3) is 5.91 Å². The van der Waals surface area contributed by atoms with E-state index >= 15 is 0 Å². The molecule has 1 saturated carbocycles. The summed E-state index contributed by atoms with van der Waals surface area (Å²) in [6, 6.07) is 10.3. The van der Waals surface area contributed by atoms with Gasteiger partial charge < -0.3 is 10.1 Å². The third-order valence-electron chi connectivity index (χ3n) is 4.56. The van der Waals surface area contributed by atoms with Crippen molar-refractivity contribution in [1.82, 2.24) is 15.3 Å². The van der Waals surface area contributed by atoms with Crippen molar-refractivity contribution in [3.05, 3.63) is 52.8 Å². The third kappa shape index (κ3) is 4.78. The molecule has 1 N–H and O–H groups in total. The monoisotopic (exact) mass is 339 g/mol. The van der Waals surface area contributed by atoms with Crippen LogP contribution >= 0.6 is 0 Å². The van der Waals surface area contributed by atoms with Crippen molar-refractivity contribution in [3.8, 4) is 6.01 Å². The Bertz CT molecular complexity index is 715. The summed E-state index contributed by atoms with van der Waals surface area (Å²) in [5.41, 5.74) is 3.71. The minimum absolute atomic E-state index is 0.00186. The first-order valence-electron chi connectivity index (χ1n) is 8.86. The zero-order valence-electron chi connectivity index (χ0n) is 15.1. The molecular weight excluding hydrogens is 314 g/mol. The van der Waals surface area contributed by atoms with Crippen LogP contribution in [-0.2, 0) is 0 Å². The highest BCUT2D eigenvalue weighted by atomic mass is 16.5. The van der Waals surface area contributed by atoms with E-state index in [0.717, 1.165) is 42.6 Å². The molecule has 1 amide bonds. The van der Waals surface area contributed by atoms with Crippen molar-refractivity contribution in [2.45, 2.75) is 58.6 Å². The maximum atomic E-state index is 12.3. The average molecular weight is 339 g/mol. The number of aromatic nitrogens is 2. The zero-order chi connectivity index (χ0) is 17.8. The quantitative estimate of drug-likeness (QED) is 0.925. The number of nitrogens with one attached hydrogen (secondary N) is 1. The molecule has 5 heteroatoms. The fourth-order valence-electron chi connectivity index (χ4n) is 3.19. The Morgan fingerprint density at radius 3 is 2.20 bits per heavy atom. The lowest BCUT2D eigenvalue weighted by Gasteiger charge is -2.29. The Morgan fingerprint density at radius 2 is 1.60 bits per heavy atom. The second-order valence-corrected chi connectivity index (χ2v) is 6.86. The molecule has 25 heavy (non-hydrogen) atoms. The fourth-order valence-corrected chi connectivity index (χ4v) is 3.19. The van der Waals surface area contributed by atoms with Crippen molar-refractivity contribution >= 4 is 5.91 Å². The SMILES string of the molecule is Cc1ccc(C(=O)NC2CCC(Oc3nc(C)cc(C)n3)CC2)cc1. The zero-order valence-corrected chi connectivity index (χ0v) is 15.1. The molecule has 0 radical (unpaired) electrons. The fraction of sp³-hybridized carbons (Fsp3) is 0.450. The van der Waals surface area contributed by atoms with Gasteiger partial charge in [-0.15, -0.1) is 0 Å². The number of rotatable bonds is 4. The van der Waals surface area contributed by atoms with Crippen molar-refractivity contribution in [2.24, 2.45) is 0 Å². The Kier molecular flexibility index (Phi) is 5.31. The summed E-state index contributed by atoms with van der Waals surface area (Å²) in [5.74, 6) is 0.00186. The van der Waals surface area contributed by atoms with E-state index in [1.54, 1.807) is 0 Å². The van der Waals surface area contributed by atoms with Crippen LogP contribution in [0.25, 0.3) is 0 Å². The molecule has 0 saturated heterocycles. The molecule has 1 heterocycles. The summed E-state index contributed by atoms with van der Waals surface area (Å²) in [4.78, 5) is 21.0. The highest BCUT2D eigenvalue weighted by Gasteiger charge is 2.24. The molecule has 1 aromatic carbocycles. The predicted molar refractivity (Wildman–Crippen MR) is 96.8 cm³/mol. The van der Waals surface area contributed by atoms with E-state index in [0.29, 0.717) is 11.6 Å². The van der Waals surface area contributed by atoms with E-state index in [1.807, 2.05) is 51.1 Å². The first-order valence-corrected chi connectivity index (χ1v) is 8.86. The lowest BCUT2D eigenvalue weighted by Crippen LogP contribution is -2.39. The second kappa shape index (κ2) is 7.64. The molecule has 132 valence electrons. The normalized spacial score (nSPS) is 20.1. The van der Waals surface area contributed by atoms with Crippen molar-refractivity contribution in [3.63, 3.8) is 0 Å².